The fourth-order valence-corrected chi connectivity index (χ4v) is 5.42. The number of aromatic nitrogens is 2. The molecule has 26 heavy (non-hydrogen) atoms. The van der Waals surface area contributed by atoms with Crippen molar-refractivity contribution in [2.75, 3.05) is 26.7 Å². The molecule has 144 valence electrons. The highest BCUT2D eigenvalue weighted by Crippen LogP contribution is 2.54. The lowest BCUT2D eigenvalue weighted by Gasteiger charge is -2.54. The van der Waals surface area contributed by atoms with E-state index in [1.807, 2.05) is 25.0 Å². The topological polar surface area (TPSA) is 54.7 Å². The fourth-order valence-electron chi connectivity index (χ4n) is 5.42. The van der Waals surface area contributed by atoms with Crippen LogP contribution >= 0.6 is 0 Å². The Balaban J connectivity index is 1.39. The number of hydrogen-bond acceptors (Lipinski definition) is 3. The van der Waals surface area contributed by atoms with Gasteiger partial charge in [-0.1, -0.05) is 12.8 Å². The molecule has 0 radical (unpaired) electrons. The first-order valence-electron chi connectivity index (χ1n) is 10.2. The first-order chi connectivity index (χ1) is 12.7. The fraction of sp³-hybridized carbons (Fsp3) is 0.800. The van der Waals surface area contributed by atoms with Crippen molar-refractivity contribution in [3.63, 3.8) is 0 Å². The summed E-state index contributed by atoms with van der Waals surface area (Å²) in [6, 6.07) is 0.512. The highest BCUT2D eigenvalue weighted by Gasteiger charge is 2.57. The number of nitrogens with one attached hydrogen (secondary N) is 1. The first kappa shape index (κ1) is 17.8. The van der Waals surface area contributed by atoms with Gasteiger partial charge in [0.25, 0.3) is 0 Å². The Morgan fingerprint density at radius 3 is 2.88 bits per heavy atom. The average Bonchev–Trinajstić information content (AvgIpc) is 3.37. The number of likely N-dealkylation sites (tertiary alicyclic amines) is 1. The Kier molecular flexibility index (Phi) is 4.95. The molecule has 4 rings (SSSR count). The molecule has 3 atom stereocenters. The van der Waals surface area contributed by atoms with Crippen molar-refractivity contribution in [1.29, 1.82) is 0 Å². The molecule has 2 saturated carbocycles. The predicted octanol–water partition coefficient (Wildman–Crippen LogP) is 2.52. The van der Waals surface area contributed by atoms with E-state index in [4.69, 9.17) is 4.74 Å². The van der Waals surface area contributed by atoms with E-state index in [9.17, 15) is 0 Å². The van der Waals surface area contributed by atoms with Crippen LogP contribution in [0.15, 0.2) is 17.4 Å². The van der Waals surface area contributed by atoms with Crippen molar-refractivity contribution in [1.82, 2.24) is 20.0 Å². The van der Waals surface area contributed by atoms with Crippen molar-refractivity contribution in [2.45, 2.75) is 63.5 Å². The van der Waals surface area contributed by atoms with E-state index < -0.39 is 0 Å². The van der Waals surface area contributed by atoms with E-state index in [0.29, 0.717) is 23.5 Å². The van der Waals surface area contributed by atoms with E-state index in [1.54, 1.807) is 0 Å². The summed E-state index contributed by atoms with van der Waals surface area (Å²) >= 11 is 0. The third-order valence-electron chi connectivity index (χ3n) is 6.89. The maximum atomic E-state index is 6.06. The monoisotopic (exact) mass is 359 g/mol. The molecule has 6 heteroatoms. The lowest BCUT2D eigenvalue weighted by Crippen LogP contribution is -2.65. The van der Waals surface area contributed by atoms with E-state index in [-0.39, 0.29) is 0 Å². The third-order valence-corrected chi connectivity index (χ3v) is 6.89. The van der Waals surface area contributed by atoms with Crippen molar-refractivity contribution in [3.8, 4) is 0 Å². The van der Waals surface area contributed by atoms with Gasteiger partial charge in [-0.3, -0.25) is 9.67 Å². The first-order valence-corrected chi connectivity index (χ1v) is 10.2. The predicted molar refractivity (Wildman–Crippen MR) is 103 cm³/mol. The molecule has 0 bridgehead atoms. The molecular weight excluding hydrogens is 326 g/mol. The molecule has 1 spiro atoms. The number of aliphatic imine (C=N–C) groups is 1. The molecule has 0 aromatic carbocycles. The summed E-state index contributed by atoms with van der Waals surface area (Å²) in [4.78, 5) is 7.05. The van der Waals surface area contributed by atoms with Gasteiger partial charge in [-0.15, -0.1) is 0 Å². The molecule has 6 nitrogen and oxygen atoms in total. The summed E-state index contributed by atoms with van der Waals surface area (Å²) < 4.78 is 7.96. The second-order valence-electron chi connectivity index (χ2n) is 8.24. The maximum Gasteiger partial charge on any atom is 0.193 e. The molecule has 3 unspecified atom stereocenters. The third kappa shape index (κ3) is 3.02. The normalized spacial score (nSPS) is 30.8. The number of ether oxygens (including phenoxy) is 1. The zero-order valence-corrected chi connectivity index (χ0v) is 16.4. The molecular formula is C20H33N5O. The number of guanidine groups is 1. The Bertz CT molecular complexity index is 648. The second kappa shape index (κ2) is 7.22. The second-order valence-corrected chi connectivity index (χ2v) is 8.24. The van der Waals surface area contributed by atoms with Crippen molar-refractivity contribution in [3.05, 3.63) is 18.0 Å². The quantitative estimate of drug-likeness (QED) is 0.663. The molecule has 1 aliphatic heterocycles. The van der Waals surface area contributed by atoms with Crippen LogP contribution in [0.25, 0.3) is 0 Å². The van der Waals surface area contributed by atoms with Gasteiger partial charge in [-0.25, -0.2) is 0 Å². The summed E-state index contributed by atoms with van der Waals surface area (Å²) in [5.41, 5.74) is 1.69. The molecule has 3 aliphatic rings. The molecule has 2 heterocycles. The standard InChI is InChI=1S/C20H33N5O/c1-4-26-18-11-17(20(18)8-5-6-9-20)23-19(21-2)25-10-7-15(14-25)16-12-22-24(3)13-16/h12-13,15,17-18H,4-11,14H2,1-3H3,(H,21,23). The van der Waals surface area contributed by atoms with Crippen LogP contribution in [0.5, 0.6) is 0 Å². The summed E-state index contributed by atoms with van der Waals surface area (Å²) in [6.07, 6.45) is 12.2. The van der Waals surface area contributed by atoms with Gasteiger partial charge in [-0.2, -0.15) is 5.10 Å². The molecule has 1 aromatic rings. The van der Waals surface area contributed by atoms with E-state index in [1.165, 1.54) is 37.7 Å². The summed E-state index contributed by atoms with van der Waals surface area (Å²) in [5.74, 6) is 1.63. The Labute approximate surface area is 157 Å². The van der Waals surface area contributed by atoms with Gasteiger partial charge in [0.1, 0.15) is 0 Å². The van der Waals surface area contributed by atoms with E-state index in [0.717, 1.165) is 32.1 Å². The molecule has 3 fully saturated rings. The van der Waals surface area contributed by atoms with Crippen LogP contribution in [-0.4, -0.2) is 59.5 Å². The van der Waals surface area contributed by atoms with Gasteiger partial charge in [0.2, 0.25) is 0 Å². The Morgan fingerprint density at radius 2 is 2.23 bits per heavy atom. The number of hydrogen-bond donors (Lipinski definition) is 1. The van der Waals surface area contributed by atoms with Gasteiger partial charge in [0, 0.05) is 57.4 Å². The SMILES string of the molecule is CCOC1CC(NC(=NC)N2CCC(c3cnn(C)c3)C2)C12CCCC2. The minimum atomic E-state index is 0.342. The molecule has 2 aliphatic carbocycles. The van der Waals surface area contributed by atoms with Crippen molar-refractivity contribution in [2.24, 2.45) is 17.5 Å². The Hall–Kier alpha value is -1.56. The molecule has 1 N–H and O–H groups in total. The molecule has 1 aromatic heterocycles. The Morgan fingerprint density at radius 1 is 1.42 bits per heavy atom. The number of rotatable bonds is 4. The van der Waals surface area contributed by atoms with Gasteiger partial charge in [0.05, 0.1) is 12.3 Å². The summed E-state index contributed by atoms with van der Waals surface area (Å²) in [6.45, 7) is 5.03. The van der Waals surface area contributed by atoms with Crippen molar-refractivity contribution >= 4 is 5.96 Å². The lowest BCUT2D eigenvalue weighted by atomic mass is 9.60. The van der Waals surface area contributed by atoms with Crippen LogP contribution in [0.2, 0.25) is 0 Å². The van der Waals surface area contributed by atoms with Crippen LogP contribution in [0.1, 0.15) is 56.9 Å². The molecule has 0 amide bonds. The zero-order chi connectivity index (χ0) is 18.1. The molecule has 1 saturated heterocycles. The van der Waals surface area contributed by atoms with Gasteiger partial charge < -0.3 is 15.0 Å². The number of aryl methyl sites for hydroxylation is 1. The van der Waals surface area contributed by atoms with Gasteiger partial charge in [-0.05, 0) is 38.2 Å². The van der Waals surface area contributed by atoms with Crippen LogP contribution < -0.4 is 5.32 Å². The smallest absolute Gasteiger partial charge is 0.193 e. The minimum absolute atomic E-state index is 0.342. The largest absolute Gasteiger partial charge is 0.378 e. The number of nitrogens with zero attached hydrogens (tertiary/aromatic N) is 4. The lowest BCUT2D eigenvalue weighted by molar-refractivity contribution is -0.126. The zero-order valence-electron chi connectivity index (χ0n) is 16.4. The average molecular weight is 360 g/mol. The summed E-state index contributed by atoms with van der Waals surface area (Å²) in [7, 11) is 3.91. The minimum Gasteiger partial charge on any atom is -0.378 e. The van der Waals surface area contributed by atoms with E-state index >= 15 is 0 Å². The highest BCUT2D eigenvalue weighted by atomic mass is 16.5. The van der Waals surface area contributed by atoms with Crippen LogP contribution in [0, 0.1) is 5.41 Å². The van der Waals surface area contributed by atoms with Crippen LogP contribution in [-0.2, 0) is 11.8 Å². The summed E-state index contributed by atoms with van der Waals surface area (Å²) in [5, 5.41) is 8.15. The van der Waals surface area contributed by atoms with Gasteiger partial charge in [0.15, 0.2) is 5.96 Å². The maximum absolute atomic E-state index is 6.06. The van der Waals surface area contributed by atoms with E-state index in [2.05, 4.69) is 33.4 Å². The highest BCUT2D eigenvalue weighted by molar-refractivity contribution is 5.81. The van der Waals surface area contributed by atoms with Crippen molar-refractivity contribution < 1.29 is 4.74 Å². The van der Waals surface area contributed by atoms with Gasteiger partial charge >= 0.3 is 0 Å². The van der Waals surface area contributed by atoms with Crippen LogP contribution in [0.3, 0.4) is 0 Å². The van der Waals surface area contributed by atoms with Crippen LogP contribution in [0.4, 0.5) is 0 Å².